The van der Waals surface area contributed by atoms with Crippen molar-refractivity contribution in [3.05, 3.63) is 120 Å². The Morgan fingerprint density at radius 1 is 0.765 bits per heavy atom. The summed E-state index contributed by atoms with van der Waals surface area (Å²) in [6, 6.07) is 29.7. The smallest absolute Gasteiger partial charge is 0.338 e. The van der Waals surface area contributed by atoms with Crippen LogP contribution < -0.4 is 0 Å². The monoisotopic (exact) mass is 449 g/mol. The molecule has 0 aliphatic heterocycles. The van der Waals surface area contributed by atoms with Crippen LogP contribution in [0.4, 0.5) is 0 Å². The summed E-state index contributed by atoms with van der Waals surface area (Å²) in [6.45, 7) is 2.16. The standard InChI is InChI=1S/C15H13N3O2.C13H10O/c1-2-20-15(19)11-7-5-10(6-8-11)13-12-4-3-9-16-14(12)18-17-13;14-13(11-7-3-1-4-8-11)12-9-5-2-6-10-12/h3-9H,2H2,1H3,(H,16,17,18);1-10H. The van der Waals surface area contributed by atoms with Gasteiger partial charge in [0.15, 0.2) is 11.4 Å². The Morgan fingerprint density at radius 3 is 1.97 bits per heavy atom. The second-order valence-electron chi connectivity index (χ2n) is 7.33. The van der Waals surface area contributed by atoms with E-state index in [4.69, 9.17) is 4.74 Å². The molecule has 0 saturated carbocycles. The van der Waals surface area contributed by atoms with Crippen molar-refractivity contribution in [1.82, 2.24) is 15.2 Å². The van der Waals surface area contributed by atoms with E-state index in [0.717, 1.165) is 27.8 Å². The Balaban J connectivity index is 0.000000172. The van der Waals surface area contributed by atoms with Gasteiger partial charge in [0.25, 0.3) is 0 Å². The SMILES string of the molecule is CCOC(=O)c1ccc(-c2[nH]nc3ncccc23)cc1.O=C(c1ccccc1)c1ccccc1. The van der Waals surface area contributed by atoms with Crippen molar-refractivity contribution in [2.24, 2.45) is 0 Å². The lowest BCUT2D eigenvalue weighted by atomic mass is 10.0. The summed E-state index contributed by atoms with van der Waals surface area (Å²) in [5.74, 6) is -0.235. The molecule has 34 heavy (non-hydrogen) atoms. The molecule has 6 nitrogen and oxygen atoms in total. The molecule has 168 valence electrons. The summed E-state index contributed by atoms with van der Waals surface area (Å²) in [7, 11) is 0. The fourth-order valence-electron chi connectivity index (χ4n) is 3.40. The van der Waals surface area contributed by atoms with Gasteiger partial charge in [-0.1, -0.05) is 72.8 Å². The number of H-pyrrole nitrogens is 1. The van der Waals surface area contributed by atoms with Crippen molar-refractivity contribution in [3.8, 4) is 11.3 Å². The molecule has 0 saturated heterocycles. The highest BCUT2D eigenvalue weighted by Gasteiger charge is 2.10. The first-order valence-corrected chi connectivity index (χ1v) is 10.9. The number of aromatic amines is 1. The Morgan fingerprint density at radius 2 is 1.38 bits per heavy atom. The first-order valence-electron chi connectivity index (χ1n) is 10.9. The molecule has 6 heteroatoms. The number of esters is 1. The first-order chi connectivity index (χ1) is 16.7. The highest BCUT2D eigenvalue weighted by atomic mass is 16.5. The van der Waals surface area contributed by atoms with Crippen LogP contribution in [0, 0.1) is 0 Å². The van der Waals surface area contributed by atoms with E-state index in [1.54, 1.807) is 25.3 Å². The molecule has 2 heterocycles. The number of nitrogens with one attached hydrogen (secondary N) is 1. The molecule has 0 spiro atoms. The minimum absolute atomic E-state index is 0.0752. The summed E-state index contributed by atoms with van der Waals surface area (Å²) < 4.78 is 4.96. The molecule has 5 rings (SSSR count). The summed E-state index contributed by atoms with van der Waals surface area (Å²) in [4.78, 5) is 27.6. The van der Waals surface area contributed by atoms with Crippen LogP contribution in [0.1, 0.15) is 33.2 Å². The van der Waals surface area contributed by atoms with Crippen LogP contribution in [0.15, 0.2) is 103 Å². The zero-order valence-corrected chi connectivity index (χ0v) is 18.6. The molecule has 0 amide bonds. The quantitative estimate of drug-likeness (QED) is 0.274. The van der Waals surface area contributed by atoms with Crippen molar-refractivity contribution >= 4 is 22.8 Å². The molecule has 1 N–H and O–H groups in total. The number of hydrogen-bond donors (Lipinski definition) is 1. The number of carbonyl (C=O) groups excluding carboxylic acids is 2. The van der Waals surface area contributed by atoms with Gasteiger partial charge < -0.3 is 4.74 Å². The molecule has 3 aromatic carbocycles. The summed E-state index contributed by atoms with van der Waals surface area (Å²) in [5.41, 5.74) is 4.53. The number of ether oxygens (including phenoxy) is 1. The molecule has 2 aromatic heterocycles. The van der Waals surface area contributed by atoms with E-state index >= 15 is 0 Å². The van der Waals surface area contributed by atoms with Crippen LogP contribution in [-0.4, -0.2) is 33.5 Å². The number of fused-ring (bicyclic) bond motifs is 1. The fourth-order valence-corrected chi connectivity index (χ4v) is 3.40. The van der Waals surface area contributed by atoms with Gasteiger partial charge in [-0.15, -0.1) is 0 Å². The van der Waals surface area contributed by atoms with Crippen LogP contribution in [-0.2, 0) is 4.74 Å². The number of pyridine rings is 1. The summed E-state index contributed by atoms with van der Waals surface area (Å²) in [6.07, 6.45) is 1.71. The maximum Gasteiger partial charge on any atom is 0.338 e. The van der Waals surface area contributed by atoms with Crippen LogP contribution in [0.2, 0.25) is 0 Å². The minimum atomic E-state index is -0.310. The van der Waals surface area contributed by atoms with E-state index in [2.05, 4.69) is 15.2 Å². The zero-order chi connectivity index (χ0) is 23.8. The third-order valence-corrected chi connectivity index (χ3v) is 5.09. The van der Waals surface area contributed by atoms with Gasteiger partial charge >= 0.3 is 5.97 Å². The highest BCUT2D eigenvalue weighted by molar-refractivity contribution is 6.08. The largest absolute Gasteiger partial charge is 0.462 e. The molecule has 0 radical (unpaired) electrons. The maximum atomic E-state index is 11.8. The topological polar surface area (TPSA) is 84.9 Å². The lowest BCUT2D eigenvalue weighted by molar-refractivity contribution is 0.0526. The first kappa shape index (κ1) is 22.6. The predicted molar refractivity (Wildman–Crippen MR) is 132 cm³/mol. The number of nitrogens with zero attached hydrogens (tertiary/aromatic N) is 2. The molecule has 0 aliphatic rings. The average molecular weight is 450 g/mol. The number of ketones is 1. The Hall–Kier alpha value is -4.58. The van der Waals surface area contributed by atoms with Crippen molar-refractivity contribution in [3.63, 3.8) is 0 Å². The fraction of sp³-hybridized carbons (Fsp3) is 0.0714. The number of rotatable bonds is 5. The summed E-state index contributed by atoms with van der Waals surface area (Å²) >= 11 is 0. The lowest BCUT2D eigenvalue weighted by Gasteiger charge is -2.03. The molecule has 0 fully saturated rings. The Labute approximate surface area is 197 Å². The molecule has 5 aromatic rings. The van der Waals surface area contributed by atoms with Gasteiger partial charge in [0.05, 0.1) is 17.9 Å². The van der Waals surface area contributed by atoms with Crippen LogP contribution in [0.25, 0.3) is 22.3 Å². The van der Waals surface area contributed by atoms with E-state index < -0.39 is 0 Å². The van der Waals surface area contributed by atoms with Gasteiger partial charge in [0.1, 0.15) is 0 Å². The van der Waals surface area contributed by atoms with Gasteiger partial charge in [0.2, 0.25) is 0 Å². The number of aromatic nitrogens is 3. The van der Waals surface area contributed by atoms with Crippen molar-refractivity contribution in [2.45, 2.75) is 6.92 Å². The van der Waals surface area contributed by atoms with Crippen LogP contribution in [0.5, 0.6) is 0 Å². The molecule has 0 aliphatic carbocycles. The van der Waals surface area contributed by atoms with Gasteiger partial charge in [-0.2, -0.15) is 5.10 Å². The molecular weight excluding hydrogens is 426 g/mol. The third-order valence-electron chi connectivity index (χ3n) is 5.09. The predicted octanol–water partition coefficient (Wildman–Crippen LogP) is 5.72. The van der Waals surface area contributed by atoms with E-state index in [0.29, 0.717) is 17.8 Å². The lowest BCUT2D eigenvalue weighted by Crippen LogP contribution is -2.04. The third kappa shape index (κ3) is 5.24. The van der Waals surface area contributed by atoms with Gasteiger partial charge in [0, 0.05) is 28.3 Å². The second kappa shape index (κ2) is 10.8. The van der Waals surface area contributed by atoms with Gasteiger partial charge in [-0.3, -0.25) is 9.89 Å². The maximum absolute atomic E-state index is 11.8. The zero-order valence-electron chi connectivity index (χ0n) is 18.6. The van der Waals surface area contributed by atoms with Gasteiger partial charge in [-0.25, -0.2) is 9.78 Å². The number of benzene rings is 3. The molecule has 0 atom stereocenters. The van der Waals surface area contributed by atoms with E-state index in [1.165, 1.54) is 0 Å². The second-order valence-corrected chi connectivity index (χ2v) is 7.33. The molecule has 0 unspecified atom stereocenters. The Kier molecular flexibility index (Phi) is 7.20. The van der Waals surface area contributed by atoms with E-state index in [-0.39, 0.29) is 11.8 Å². The number of carbonyl (C=O) groups is 2. The minimum Gasteiger partial charge on any atom is -0.462 e. The average Bonchev–Trinajstić information content (AvgIpc) is 3.34. The Bertz CT molecular complexity index is 1340. The van der Waals surface area contributed by atoms with E-state index in [9.17, 15) is 9.59 Å². The summed E-state index contributed by atoms with van der Waals surface area (Å²) in [5, 5.41) is 8.08. The highest BCUT2D eigenvalue weighted by Crippen LogP contribution is 2.25. The van der Waals surface area contributed by atoms with E-state index in [1.807, 2.05) is 84.9 Å². The molecule has 0 bridgehead atoms. The normalized spacial score (nSPS) is 10.3. The van der Waals surface area contributed by atoms with Crippen LogP contribution >= 0.6 is 0 Å². The van der Waals surface area contributed by atoms with Crippen molar-refractivity contribution in [2.75, 3.05) is 6.61 Å². The van der Waals surface area contributed by atoms with Crippen LogP contribution in [0.3, 0.4) is 0 Å². The van der Waals surface area contributed by atoms with Crippen molar-refractivity contribution < 1.29 is 14.3 Å². The van der Waals surface area contributed by atoms with Gasteiger partial charge in [-0.05, 0) is 31.2 Å². The number of hydrogen-bond acceptors (Lipinski definition) is 5. The molecular formula is C28H23N3O3. The van der Waals surface area contributed by atoms with Crippen molar-refractivity contribution in [1.29, 1.82) is 0 Å².